The monoisotopic (exact) mass is 908 g/mol. The molecule has 0 bridgehead atoms. The third-order valence-electron chi connectivity index (χ3n) is 9.32. The number of carboxylic acids is 2. The van der Waals surface area contributed by atoms with Gasteiger partial charge in [0.1, 0.15) is 42.3 Å². The lowest BCUT2D eigenvalue weighted by molar-refractivity contribution is -0.143. The molecule has 8 amide bonds. The van der Waals surface area contributed by atoms with Crippen molar-refractivity contribution in [3.05, 3.63) is 35.9 Å². The van der Waals surface area contributed by atoms with Gasteiger partial charge >= 0.3 is 11.9 Å². The molecule has 0 aliphatic heterocycles. The second-order valence-electron chi connectivity index (χ2n) is 15.3. The fourth-order valence-corrected chi connectivity index (χ4v) is 6.40. The maximum Gasteiger partial charge on any atom is 0.326 e. The molecule has 0 fully saturated rings. The zero-order valence-corrected chi connectivity index (χ0v) is 36.7. The van der Waals surface area contributed by atoms with Crippen LogP contribution in [0.4, 0.5) is 0 Å². The Hall–Kier alpha value is -5.81. The van der Waals surface area contributed by atoms with E-state index in [9.17, 15) is 58.2 Å². The van der Waals surface area contributed by atoms with Crippen molar-refractivity contribution in [3.8, 4) is 0 Å². The van der Waals surface area contributed by atoms with E-state index in [-0.39, 0.29) is 50.4 Å². The van der Waals surface area contributed by atoms with Gasteiger partial charge in [-0.05, 0) is 69.5 Å². The number of carbonyl (C=O) groups is 10. The number of rotatable bonds is 31. The van der Waals surface area contributed by atoms with Crippen LogP contribution in [-0.2, 0) is 54.4 Å². The number of primary amides is 1. The lowest BCUT2D eigenvalue weighted by Crippen LogP contribution is -2.60. The second-order valence-corrected chi connectivity index (χ2v) is 15.7. The Balaban J connectivity index is 3.29. The molecule has 0 aromatic heterocycles. The highest BCUT2D eigenvalue weighted by atomic mass is 32.1. The first-order chi connectivity index (χ1) is 29.7. The van der Waals surface area contributed by atoms with Gasteiger partial charge in [0, 0.05) is 19.1 Å². The Morgan fingerprint density at radius 2 is 0.984 bits per heavy atom. The Labute approximate surface area is 371 Å². The van der Waals surface area contributed by atoms with Crippen LogP contribution in [0.15, 0.2) is 30.3 Å². The minimum atomic E-state index is -1.79. The molecule has 23 heteroatoms. The fraction of sp³-hybridized carbons (Fsp3) is 0.600. The van der Waals surface area contributed by atoms with Crippen molar-refractivity contribution in [3.63, 3.8) is 0 Å². The largest absolute Gasteiger partial charge is 0.481 e. The zero-order valence-electron chi connectivity index (χ0n) is 35.9. The van der Waals surface area contributed by atoms with Crippen LogP contribution >= 0.6 is 12.6 Å². The van der Waals surface area contributed by atoms with Crippen molar-refractivity contribution < 1.29 is 58.2 Å². The third-order valence-corrected chi connectivity index (χ3v) is 9.69. The topological polar surface area (TPSA) is 373 Å². The molecule has 0 spiro atoms. The first kappa shape index (κ1) is 55.2. The lowest BCUT2D eigenvalue weighted by Gasteiger charge is -2.27. The van der Waals surface area contributed by atoms with E-state index in [1.54, 1.807) is 44.2 Å². The maximum absolute atomic E-state index is 13.7. The number of nitrogens with one attached hydrogen (secondary N) is 7. The number of benzene rings is 1. The predicted octanol–water partition coefficient (Wildman–Crippen LogP) is -2.69. The molecule has 0 unspecified atom stereocenters. The summed E-state index contributed by atoms with van der Waals surface area (Å²) in [5.74, 6) is -10.6. The molecule has 1 aromatic rings. The summed E-state index contributed by atoms with van der Waals surface area (Å²) in [6, 6.07) is -1.51. The van der Waals surface area contributed by atoms with Gasteiger partial charge in [-0.15, -0.1) is 0 Å². The van der Waals surface area contributed by atoms with Gasteiger partial charge in [-0.1, -0.05) is 44.2 Å². The molecule has 22 nitrogen and oxygen atoms in total. The number of hydrogen-bond donors (Lipinski definition) is 13. The number of carboxylic acid groups (broad SMARTS) is 2. The number of amides is 8. The van der Waals surface area contributed by atoms with Crippen molar-refractivity contribution in [2.24, 2.45) is 23.1 Å². The van der Waals surface area contributed by atoms with E-state index in [4.69, 9.17) is 17.2 Å². The highest BCUT2D eigenvalue weighted by Gasteiger charge is 2.35. The van der Waals surface area contributed by atoms with E-state index in [2.05, 4.69) is 49.8 Å². The van der Waals surface area contributed by atoms with Crippen LogP contribution in [0.3, 0.4) is 0 Å². The summed E-state index contributed by atoms with van der Waals surface area (Å²) in [6.45, 7) is 5.10. The second kappa shape index (κ2) is 29.5. The van der Waals surface area contributed by atoms with E-state index in [1.807, 2.05) is 0 Å². The molecule has 7 atom stereocenters. The SMILES string of the molecule is CC(=O)N[C@@H](CC(N)=O)C(=O)N[C@@H](CCCCN)C(=O)N[C@@H](CCCCN)C(=O)N[C@@H](CS)C(=O)N[C@@H](CC(=O)O)C(=O)N[C@@H](CC(C)C)C(=O)N[C@@H](Cc1ccccc1)C(=O)O. The molecule has 15 N–H and O–H groups in total. The van der Waals surface area contributed by atoms with Crippen molar-refractivity contribution in [1.29, 1.82) is 0 Å². The van der Waals surface area contributed by atoms with Crippen molar-refractivity contribution in [1.82, 2.24) is 37.2 Å². The predicted molar refractivity (Wildman–Crippen MR) is 232 cm³/mol. The average Bonchev–Trinajstić information content (AvgIpc) is 3.20. The van der Waals surface area contributed by atoms with E-state index in [0.717, 1.165) is 6.92 Å². The number of carbonyl (C=O) groups excluding carboxylic acids is 8. The molecular formula is C40H64N10O12S. The Morgan fingerprint density at radius 1 is 0.571 bits per heavy atom. The number of unbranched alkanes of at least 4 members (excludes halogenated alkanes) is 2. The number of thiol groups is 1. The molecule has 1 aromatic carbocycles. The molecular weight excluding hydrogens is 845 g/mol. The van der Waals surface area contributed by atoms with Gasteiger partial charge in [0.05, 0.1) is 12.8 Å². The van der Waals surface area contributed by atoms with Gasteiger partial charge in [0.2, 0.25) is 47.3 Å². The smallest absolute Gasteiger partial charge is 0.326 e. The van der Waals surface area contributed by atoms with Crippen LogP contribution in [0.2, 0.25) is 0 Å². The van der Waals surface area contributed by atoms with E-state index < -0.39 is 114 Å². The van der Waals surface area contributed by atoms with Gasteiger partial charge in [-0.2, -0.15) is 12.6 Å². The Bertz CT molecular complexity index is 1700. The molecule has 352 valence electrons. The van der Waals surface area contributed by atoms with E-state index in [1.165, 1.54) is 0 Å². The minimum absolute atomic E-state index is 0.00672. The highest BCUT2D eigenvalue weighted by molar-refractivity contribution is 7.80. The van der Waals surface area contributed by atoms with Crippen molar-refractivity contribution in [2.75, 3.05) is 18.8 Å². The number of aliphatic carboxylic acids is 2. The molecule has 1 rings (SSSR count). The fourth-order valence-electron chi connectivity index (χ4n) is 6.14. The molecule has 0 radical (unpaired) electrons. The number of hydrogen-bond acceptors (Lipinski definition) is 13. The van der Waals surface area contributed by atoms with Crippen LogP contribution < -0.4 is 54.4 Å². The standard InChI is InChI=1S/C40H64N10O12S/c1-22(2)17-27(36(57)49-30(40(61)62)18-24-11-5-4-6-12-24)47-38(59)29(20-33(53)54)48-39(60)31(21-63)50-35(56)26(14-8-10-16-42)45-34(55)25(13-7-9-15-41)46-37(58)28(19-32(43)52)44-23(3)51/h4-6,11-12,22,25-31,63H,7-10,13-21,41-42H2,1-3H3,(H2,43,52)(H,44,51)(H,45,55)(H,46,58)(H,47,59)(H,48,60)(H,49,57)(H,50,56)(H,53,54)(H,61,62)/t25-,26-,27-,28-,29-,30-,31-/m0/s1. The molecule has 0 heterocycles. The molecule has 0 aliphatic carbocycles. The van der Waals surface area contributed by atoms with Crippen molar-refractivity contribution in [2.45, 2.75) is 127 Å². The zero-order chi connectivity index (χ0) is 47.6. The summed E-state index contributed by atoms with van der Waals surface area (Å²) in [6.07, 6.45) is 0.0420. The third kappa shape index (κ3) is 22.2. The van der Waals surface area contributed by atoms with Gasteiger partial charge in [0.25, 0.3) is 0 Å². The summed E-state index contributed by atoms with van der Waals surface area (Å²) in [5.41, 5.74) is 17.1. The summed E-state index contributed by atoms with van der Waals surface area (Å²) in [5, 5.41) is 36.4. The van der Waals surface area contributed by atoms with Gasteiger partial charge in [0.15, 0.2) is 0 Å². The first-order valence-corrected chi connectivity index (χ1v) is 21.2. The van der Waals surface area contributed by atoms with Gasteiger partial charge < -0.3 is 64.6 Å². The molecule has 0 aliphatic rings. The lowest BCUT2D eigenvalue weighted by atomic mass is 10.0. The molecule has 63 heavy (non-hydrogen) atoms. The first-order valence-electron chi connectivity index (χ1n) is 20.6. The maximum atomic E-state index is 13.7. The van der Waals surface area contributed by atoms with Crippen LogP contribution in [0.25, 0.3) is 0 Å². The molecule has 0 saturated carbocycles. The summed E-state index contributed by atoms with van der Waals surface area (Å²) >= 11 is 4.17. The van der Waals surface area contributed by atoms with E-state index >= 15 is 0 Å². The van der Waals surface area contributed by atoms with Crippen LogP contribution in [-0.4, -0.2) is 131 Å². The van der Waals surface area contributed by atoms with Crippen LogP contribution in [0.1, 0.15) is 84.1 Å². The summed E-state index contributed by atoms with van der Waals surface area (Å²) < 4.78 is 0. The Morgan fingerprint density at radius 3 is 1.41 bits per heavy atom. The van der Waals surface area contributed by atoms with Crippen LogP contribution in [0, 0.1) is 5.92 Å². The highest BCUT2D eigenvalue weighted by Crippen LogP contribution is 2.11. The quantitative estimate of drug-likeness (QED) is 0.0267. The average molecular weight is 909 g/mol. The van der Waals surface area contributed by atoms with Gasteiger partial charge in [-0.25, -0.2) is 4.79 Å². The minimum Gasteiger partial charge on any atom is -0.481 e. The normalized spacial score (nSPS) is 14.3. The van der Waals surface area contributed by atoms with Gasteiger partial charge in [-0.3, -0.25) is 43.2 Å². The summed E-state index contributed by atoms with van der Waals surface area (Å²) in [7, 11) is 0. The van der Waals surface area contributed by atoms with E-state index in [0.29, 0.717) is 31.2 Å². The van der Waals surface area contributed by atoms with Crippen LogP contribution in [0.5, 0.6) is 0 Å². The van der Waals surface area contributed by atoms with Crippen molar-refractivity contribution >= 4 is 71.8 Å². The Kier molecular flexibility index (Phi) is 25.8. The summed E-state index contributed by atoms with van der Waals surface area (Å²) in [4.78, 5) is 128. The molecule has 0 saturated heterocycles. The number of nitrogens with two attached hydrogens (primary N) is 3.